The van der Waals surface area contributed by atoms with Crippen molar-refractivity contribution < 1.29 is 18.7 Å². The van der Waals surface area contributed by atoms with E-state index in [1.807, 2.05) is 6.92 Å². The lowest BCUT2D eigenvalue weighted by molar-refractivity contribution is -0.120. The molecule has 0 radical (unpaired) electrons. The molecule has 1 aromatic carbocycles. The highest BCUT2D eigenvalue weighted by atomic mass is 19.1. The molecule has 6 nitrogen and oxygen atoms in total. The zero-order valence-electron chi connectivity index (χ0n) is 11.5. The number of carbonyl (C=O) groups is 2. The van der Waals surface area contributed by atoms with Crippen LogP contribution in [0, 0.1) is 5.82 Å². The molecule has 3 N–H and O–H groups in total. The van der Waals surface area contributed by atoms with Gasteiger partial charge < -0.3 is 20.7 Å². The Labute approximate surface area is 116 Å². The number of ether oxygens (including phenoxy) is 1. The highest BCUT2D eigenvalue weighted by Gasteiger charge is 2.07. The summed E-state index contributed by atoms with van der Waals surface area (Å²) in [6.07, 6.45) is 0.822. The van der Waals surface area contributed by atoms with Crippen molar-refractivity contribution in [2.24, 2.45) is 0 Å². The molecule has 0 fully saturated rings. The van der Waals surface area contributed by atoms with Crippen LogP contribution in [-0.4, -0.2) is 32.1 Å². The van der Waals surface area contributed by atoms with Crippen molar-refractivity contribution in [2.45, 2.75) is 13.3 Å². The van der Waals surface area contributed by atoms with Gasteiger partial charge in [0.1, 0.15) is 0 Å². The number of carbonyl (C=O) groups excluding carboxylic acids is 2. The molecule has 0 heterocycles. The van der Waals surface area contributed by atoms with Gasteiger partial charge in [0.25, 0.3) is 0 Å². The van der Waals surface area contributed by atoms with E-state index in [2.05, 4.69) is 16.0 Å². The van der Waals surface area contributed by atoms with Gasteiger partial charge in [-0.3, -0.25) is 4.79 Å². The van der Waals surface area contributed by atoms with E-state index in [-0.39, 0.29) is 23.9 Å². The molecule has 7 heteroatoms. The first-order valence-corrected chi connectivity index (χ1v) is 6.22. The van der Waals surface area contributed by atoms with Crippen LogP contribution in [0.3, 0.4) is 0 Å². The highest BCUT2D eigenvalue weighted by molar-refractivity contribution is 5.92. The number of hydrogen-bond acceptors (Lipinski definition) is 3. The van der Waals surface area contributed by atoms with E-state index in [0.717, 1.165) is 12.5 Å². The van der Waals surface area contributed by atoms with Gasteiger partial charge in [-0.15, -0.1) is 0 Å². The average molecular weight is 283 g/mol. The Bertz CT molecular complexity index is 480. The zero-order chi connectivity index (χ0) is 15.0. The summed E-state index contributed by atoms with van der Waals surface area (Å²) in [5.74, 6) is -0.760. The molecule has 0 aliphatic heterocycles. The summed E-state index contributed by atoms with van der Waals surface area (Å²) in [6.45, 7) is 2.36. The van der Waals surface area contributed by atoms with Crippen molar-refractivity contribution in [1.29, 1.82) is 0 Å². The molecule has 0 aliphatic rings. The number of urea groups is 1. The van der Waals surface area contributed by atoms with Crippen LogP contribution in [-0.2, 0) is 4.79 Å². The first kappa shape index (κ1) is 15.7. The molecule has 1 aromatic rings. The molecule has 0 saturated carbocycles. The van der Waals surface area contributed by atoms with Crippen LogP contribution in [0.4, 0.5) is 14.9 Å². The molecule has 0 unspecified atom stereocenters. The Kier molecular flexibility index (Phi) is 6.28. The second-order valence-electron chi connectivity index (χ2n) is 4.01. The van der Waals surface area contributed by atoms with Gasteiger partial charge in [-0.1, -0.05) is 6.92 Å². The number of rotatable bonds is 6. The van der Waals surface area contributed by atoms with Crippen molar-refractivity contribution in [2.75, 3.05) is 25.5 Å². The number of anilines is 1. The fourth-order valence-corrected chi connectivity index (χ4v) is 1.41. The Morgan fingerprint density at radius 3 is 2.65 bits per heavy atom. The van der Waals surface area contributed by atoms with Gasteiger partial charge in [0, 0.05) is 18.3 Å². The number of nitrogens with one attached hydrogen (secondary N) is 3. The van der Waals surface area contributed by atoms with Crippen LogP contribution in [0.2, 0.25) is 0 Å². The second kappa shape index (κ2) is 7.98. The van der Waals surface area contributed by atoms with Gasteiger partial charge in [0.15, 0.2) is 11.6 Å². The van der Waals surface area contributed by atoms with E-state index >= 15 is 0 Å². The van der Waals surface area contributed by atoms with Crippen molar-refractivity contribution in [1.82, 2.24) is 10.6 Å². The van der Waals surface area contributed by atoms with Crippen molar-refractivity contribution in [3.8, 4) is 5.75 Å². The van der Waals surface area contributed by atoms with Crippen LogP contribution < -0.4 is 20.7 Å². The topological polar surface area (TPSA) is 79.5 Å². The molecule has 110 valence electrons. The van der Waals surface area contributed by atoms with Gasteiger partial charge in [0.05, 0.1) is 13.7 Å². The third kappa shape index (κ3) is 5.13. The minimum absolute atomic E-state index is 0.0925. The number of benzene rings is 1. The van der Waals surface area contributed by atoms with E-state index in [4.69, 9.17) is 4.74 Å². The van der Waals surface area contributed by atoms with Gasteiger partial charge >= 0.3 is 6.03 Å². The van der Waals surface area contributed by atoms with Gasteiger partial charge in [-0.05, 0) is 18.6 Å². The van der Waals surface area contributed by atoms with Crippen molar-refractivity contribution in [3.05, 3.63) is 24.0 Å². The van der Waals surface area contributed by atoms with E-state index in [9.17, 15) is 14.0 Å². The second-order valence-corrected chi connectivity index (χ2v) is 4.01. The van der Waals surface area contributed by atoms with E-state index in [1.165, 1.54) is 19.2 Å². The molecule has 0 bridgehead atoms. The third-order valence-corrected chi connectivity index (χ3v) is 2.39. The highest BCUT2D eigenvalue weighted by Crippen LogP contribution is 2.20. The number of amides is 3. The summed E-state index contributed by atoms with van der Waals surface area (Å²) in [6, 6.07) is 3.45. The number of methoxy groups -OCH3 is 1. The Balaban J connectivity index is 2.42. The molecule has 3 amide bonds. The largest absolute Gasteiger partial charge is 0.494 e. The quantitative estimate of drug-likeness (QED) is 0.740. The maximum absolute atomic E-state index is 13.4. The molecule has 0 spiro atoms. The zero-order valence-corrected chi connectivity index (χ0v) is 11.5. The summed E-state index contributed by atoms with van der Waals surface area (Å²) in [5, 5.41) is 7.41. The summed E-state index contributed by atoms with van der Waals surface area (Å²) in [7, 11) is 1.35. The van der Waals surface area contributed by atoms with Gasteiger partial charge in [-0.2, -0.15) is 0 Å². The fourth-order valence-electron chi connectivity index (χ4n) is 1.41. The predicted octanol–water partition coefficient (Wildman–Crippen LogP) is 1.48. The predicted molar refractivity (Wildman–Crippen MR) is 73.3 cm³/mol. The van der Waals surface area contributed by atoms with E-state index in [0.29, 0.717) is 6.54 Å². The van der Waals surface area contributed by atoms with Crippen molar-refractivity contribution in [3.63, 3.8) is 0 Å². The first-order valence-electron chi connectivity index (χ1n) is 6.22. The van der Waals surface area contributed by atoms with Gasteiger partial charge in [0.2, 0.25) is 5.91 Å². The van der Waals surface area contributed by atoms with Crippen LogP contribution >= 0.6 is 0 Å². The minimum atomic E-state index is -0.582. The fraction of sp³-hybridized carbons (Fsp3) is 0.385. The third-order valence-electron chi connectivity index (χ3n) is 2.39. The molecule has 0 saturated heterocycles. The molecule has 0 aromatic heterocycles. The van der Waals surface area contributed by atoms with E-state index < -0.39 is 11.8 Å². The monoisotopic (exact) mass is 283 g/mol. The Morgan fingerprint density at radius 1 is 1.30 bits per heavy atom. The van der Waals surface area contributed by atoms with Crippen molar-refractivity contribution >= 4 is 17.6 Å². The average Bonchev–Trinajstić information content (AvgIpc) is 2.43. The van der Waals surface area contributed by atoms with E-state index in [1.54, 1.807) is 0 Å². The summed E-state index contributed by atoms with van der Waals surface area (Å²) in [5.41, 5.74) is 0.273. The first-order chi connectivity index (χ1) is 9.56. The van der Waals surface area contributed by atoms with Crippen LogP contribution in [0.1, 0.15) is 13.3 Å². The lowest BCUT2D eigenvalue weighted by atomic mass is 10.3. The van der Waals surface area contributed by atoms with Crippen LogP contribution in [0.15, 0.2) is 18.2 Å². The van der Waals surface area contributed by atoms with Crippen LogP contribution in [0.5, 0.6) is 5.75 Å². The minimum Gasteiger partial charge on any atom is -0.494 e. The maximum atomic E-state index is 13.4. The smallest absolute Gasteiger partial charge is 0.319 e. The molecule has 0 atom stereocenters. The Hall–Kier alpha value is -2.31. The van der Waals surface area contributed by atoms with Crippen LogP contribution in [0.25, 0.3) is 0 Å². The molecular weight excluding hydrogens is 265 g/mol. The summed E-state index contributed by atoms with van der Waals surface area (Å²) < 4.78 is 18.2. The standard InChI is InChI=1S/C13H18FN3O3/c1-3-6-15-12(18)8-16-13(19)17-9-4-5-11(20-2)10(14)7-9/h4-5,7H,3,6,8H2,1-2H3,(H,15,18)(H2,16,17,19). The normalized spacial score (nSPS) is 9.75. The molecule has 20 heavy (non-hydrogen) atoms. The SMILES string of the molecule is CCCNC(=O)CNC(=O)Nc1ccc(OC)c(F)c1. The molecular formula is C13H18FN3O3. The summed E-state index contributed by atoms with van der Waals surface area (Å²) >= 11 is 0. The number of hydrogen-bond donors (Lipinski definition) is 3. The lowest BCUT2D eigenvalue weighted by Gasteiger charge is -2.09. The maximum Gasteiger partial charge on any atom is 0.319 e. The molecule has 1 rings (SSSR count). The van der Waals surface area contributed by atoms with Gasteiger partial charge in [-0.25, -0.2) is 9.18 Å². The lowest BCUT2D eigenvalue weighted by Crippen LogP contribution is -2.39. The molecule has 0 aliphatic carbocycles. The Morgan fingerprint density at radius 2 is 2.05 bits per heavy atom. The number of halogens is 1. The summed E-state index contributed by atoms with van der Waals surface area (Å²) in [4.78, 5) is 22.8.